The first kappa shape index (κ1) is 15.5. The van der Waals surface area contributed by atoms with Crippen LogP contribution in [0.2, 0.25) is 0 Å². The lowest BCUT2D eigenvalue weighted by Crippen LogP contribution is -2.41. The average molecular weight is 411 g/mol. The first-order chi connectivity index (χ1) is 8.72. The van der Waals surface area contributed by atoms with E-state index in [1.807, 2.05) is 0 Å². The van der Waals surface area contributed by atoms with E-state index in [0.29, 0.717) is 22.5 Å². The summed E-state index contributed by atoms with van der Waals surface area (Å²) in [7, 11) is -3.39. The maximum atomic E-state index is 12.6. The molecule has 106 valence electrons. The van der Waals surface area contributed by atoms with E-state index in [1.165, 1.54) is 0 Å². The first-order valence-corrected chi connectivity index (χ1v) is 9.20. The molecule has 3 nitrogen and oxygen atoms in total. The molecule has 0 aromatic heterocycles. The van der Waals surface area contributed by atoms with Crippen LogP contribution in [0.4, 0.5) is 0 Å². The smallest absolute Gasteiger partial charge is 0.207 e. The number of halogens is 2. The van der Waals surface area contributed by atoms with Gasteiger partial charge in [0.15, 0.2) is 0 Å². The third-order valence-electron chi connectivity index (χ3n) is 3.59. The zero-order chi connectivity index (χ0) is 14.3. The summed E-state index contributed by atoms with van der Waals surface area (Å²) in [4.78, 5) is 0.343. The van der Waals surface area contributed by atoms with Crippen LogP contribution in [-0.4, -0.2) is 25.8 Å². The fourth-order valence-corrected chi connectivity index (χ4v) is 5.30. The zero-order valence-corrected chi connectivity index (χ0v) is 15.0. The quantitative estimate of drug-likeness (QED) is 0.738. The Kier molecular flexibility index (Phi) is 4.45. The molecule has 0 N–H and O–H groups in total. The van der Waals surface area contributed by atoms with Crippen LogP contribution in [0.3, 0.4) is 0 Å². The number of benzene rings is 1. The van der Waals surface area contributed by atoms with Crippen LogP contribution in [0.25, 0.3) is 0 Å². The van der Waals surface area contributed by atoms with Crippen molar-refractivity contribution < 1.29 is 8.42 Å². The van der Waals surface area contributed by atoms with Gasteiger partial charge in [0.25, 0.3) is 0 Å². The fraction of sp³-hybridized carbons (Fsp3) is 0.538. The predicted octanol–water partition coefficient (Wildman–Crippen LogP) is 4.02. The van der Waals surface area contributed by atoms with Crippen LogP contribution in [0.15, 0.2) is 32.0 Å². The first-order valence-electron chi connectivity index (χ1n) is 6.18. The lowest BCUT2D eigenvalue weighted by molar-refractivity contribution is 0.196. The molecule has 1 saturated heterocycles. The second kappa shape index (κ2) is 5.47. The van der Waals surface area contributed by atoms with Gasteiger partial charge in [0.2, 0.25) is 10.0 Å². The molecule has 0 unspecified atom stereocenters. The van der Waals surface area contributed by atoms with E-state index in [-0.39, 0.29) is 5.41 Å². The highest BCUT2D eigenvalue weighted by Gasteiger charge is 2.33. The SMILES string of the molecule is CC1(C)CCN(S(=O)(=O)c2ccc(Br)cc2Br)CC1. The molecule has 0 spiro atoms. The second-order valence-corrected chi connectivity index (χ2v) is 9.32. The molecule has 0 radical (unpaired) electrons. The normalized spacial score (nSPS) is 20.4. The summed E-state index contributed by atoms with van der Waals surface area (Å²) in [6, 6.07) is 5.16. The van der Waals surface area contributed by atoms with Gasteiger partial charge in [0, 0.05) is 22.0 Å². The Morgan fingerprint density at radius 1 is 1.16 bits per heavy atom. The van der Waals surface area contributed by atoms with Crippen LogP contribution < -0.4 is 0 Å². The van der Waals surface area contributed by atoms with Crippen LogP contribution in [-0.2, 0) is 10.0 Å². The molecule has 0 aliphatic carbocycles. The van der Waals surface area contributed by atoms with Crippen LogP contribution in [0.5, 0.6) is 0 Å². The van der Waals surface area contributed by atoms with Crippen LogP contribution in [0.1, 0.15) is 26.7 Å². The Morgan fingerprint density at radius 2 is 1.74 bits per heavy atom. The summed E-state index contributed by atoms with van der Waals surface area (Å²) < 4.78 is 28.3. The van der Waals surface area contributed by atoms with Gasteiger partial charge >= 0.3 is 0 Å². The van der Waals surface area contributed by atoms with Crippen molar-refractivity contribution in [2.24, 2.45) is 5.41 Å². The molecule has 2 rings (SSSR count). The maximum absolute atomic E-state index is 12.6. The number of hydrogen-bond donors (Lipinski definition) is 0. The largest absolute Gasteiger partial charge is 0.244 e. The fourth-order valence-electron chi connectivity index (χ4n) is 2.16. The van der Waals surface area contributed by atoms with Crippen molar-refractivity contribution in [3.05, 3.63) is 27.1 Å². The lowest BCUT2D eigenvalue weighted by atomic mass is 9.83. The molecule has 0 amide bonds. The van der Waals surface area contributed by atoms with Crippen molar-refractivity contribution in [2.45, 2.75) is 31.6 Å². The molecule has 1 aliphatic heterocycles. The number of hydrogen-bond acceptors (Lipinski definition) is 2. The molecule has 1 aromatic carbocycles. The van der Waals surface area contributed by atoms with Gasteiger partial charge < -0.3 is 0 Å². The number of sulfonamides is 1. The third kappa shape index (κ3) is 3.40. The van der Waals surface area contributed by atoms with E-state index in [2.05, 4.69) is 45.7 Å². The number of nitrogens with zero attached hydrogens (tertiary/aromatic N) is 1. The van der Waals surface area contributed by atoms with Crippen molar-refractivity contribution in [3.8, 4) is 0 Å². The van der Waals surface area contributed by atoms with E-state index < -0.39 is 10.0 Å². The molecule has 0 saturated carbocycles. The van der Waals surface area contributed by atoms with Crippen molar-refractivity contribution in [1.82, 2.24) is 4.31 Å². The molecular formula is C13H17Br2NO2S. The standard InChI is InChI=1S/C13H17Br2NO2S/c1-13(2)5-7-16(8-6-13)19(17,18)12-4-3-10(14)9-11(12)15/h3-4,9H,5-8H2,1-2H3. The topological polar surface area (TPSA) is 37.4 Å². The van der Waals surface area contributed by atoms with Crippen molar-refractivity contribution >= 4 is 41.9 Å². The Bertz CT molecular complexity index is 574. The highest BCUT2D eigenvalue weighted by Crippen LogP contribution is 2.34. The summed E-state index contributed by atoms with van der Waals surface area (Å²) in [6.45, 7) is 5.56. The predicted molar refractivity (Wildman–Crippen MR) is 83.6 cm³/mol. The Balaban J connectivity index is 2.28. The minimum Gasteiger partial charge on any atom is -0.207 e. The van der Waals surface area contributed by atoms with Crippen molar-refractivity contribution in [1.29, 1.82) is 0 Å². The van der Waals surface area contributed by atoms with E-state index in [9.17, 15) is 8.42 Å². The molecule has 19 heavy (non-hydrogen) atoms. The van der Waals surface area contributed by atoms with E-state index >= 15 is 0 Å². The van der Waals surface area contributed by atoms with E-state index in [4.69, 9.17) is 0 Å². The minimum atomic E-state index is -3.39. The van der Waals surface area contributed by atoms with Gasteiger partial charge in [-0.25, -0.2) is 8.42 Å². The molecule has 1 aliphatic rings. The number of piperidine rings is 1. The molecule has 1 fully saturated rings. The Morgan fingerprint density at radius 3 is 2.26 bits per heavy atom. The van der Waals surface area contributed by atoms with Gasteiger partial charge in [-0.1, -0.05) is 29.8 Å². The zero-order valence-electron chi connectivity index (χ0n) is 11.0. The molecule has 6 heteroatoms. The van der Waals surface area contributed by atoms with Gasteiger partial charge in [-0.3, -0.25) is 0 Å². The summed E-state index contributed by atoms with van der Waals surface area (Å²) in [6.07, 6.45) is 1.81. The highest BCUT2D eigenvalue weighted by atomic mass is 79.9. The second-order valence-electron chi connectivity index (χ2n) is 5.64. The number of rotatable bonds is 2. The van der Waals surface area contributed by atoms with Gasteiger partial charge in [0.05, 0.1) is 4.90 Å². The van der Waals surface area contributed by atoms with Gasteiger partial charge in [0.1, 0.15) is 0 Å². The maximum Gasteiger partial charge on any atom is 0.244 e. The van der Waals surface area contributed by atoms with Crippen molar-refractivity contribution in [3.63, 3.8) is 0 Å². The minimum absolute atomic E-state index is 0.239. The van der Waals surface area contributed by atoms with E-state index in [1.54, 1.807) is 22.5 Å². The van der Waals surface area contributed by atoms with Gasteiger partial charge in [-0.05, 0) is 52.4 Å². The molecular weight excluding hydrogens is 394 g/mol. The molecule has 0 bridgehead atoms. The summed E-state index contributed by atoms with van der Waals surface area (Å²) in [5.41, 5.74) is 0.239. The highest BCUT2D eigenvalue weighted by molar-refractivity contribution is 9.11. The van der Waals surface area contributed by atoms with Crippen LogP contribution >= 0.6 is 31.9 Å². The summed E-state index contributed by atoms with van der Waals surface area (Å²) in [5.74, 6) is 0. The summed E-state index contributed by atoms with van der Waals surface area (Å²) in [5, 5.41) is 0. The Hall–Kier alpha value is 0.0900. The average Bonchev–Trinajstić information content (AvgIpc) is 2.27. The Labute approximate surface area is 131 Å². The summed E-state index contributed by atoms with van der Waals surface area (Å²) >= 11 is 6.67. The lowest BCUT2D eigenvalue weighted by Gasteiger charge is -2.36. The molecule has 0 atom stereocenters. The molecule has 1 aromatic rings. The molecule has 1 heterocycles. The van der Waals surface area contributed by atoms with E-state index in [0.717, 1.165) is 17.3 Å². The third-order valence-corrected chi connectivity index (χ3v) is 6.96. The monoisotopic (exact) mass is 409 g/mol. The van der Waals surface area contributed by atoms with Crippen LogP contribution in [0, 0.1) is 5.41 Å². The van der Waals surface area contributed by atoms with Crippen molar-refractivity contribution in [2.75, 3.05) is 13.1 Å². The van der Waals surface area contributed by atoms with Gasteiger partial charge in [-0.15, -0.1) is 0 Å². The van der Waals surface area contributed by atoms with Gasteiger partial charge in [-0.2, -0.15) is 4.31 Å².